The van der Waals surface area contributed by atoms with E-state index in [0.29, 0.717) is 29.5 Å². The number of hydrogen-bond donors (Lipinski definition) is 0. The van der Waals surface area contributed by atoms with E-state index in [1.54, 1.807) is 19.1 Å². The number of aromatic nitrogens is 4. The van der Waals surface area contributed by atoms with Crippen molar-refractivity contribution in [3.63, 3.8) is 0 Å². The van der Waals surface area contributed by atoms with Crippen LogP contribution in [0.25, 0.3) is 22.3 Å². The zero-order chi connectivity index (χ0) is 24.0. The lowest BCUT2D eigenvalue weighted by atomic mass is 9.99. The Morgan fingerprint density at radius 1 is 1.15 bits per heavy atom. The van der Waals surface area contributed by atoms with Crippen LogP contribution in [0.4, 0.5) is 33.5 Å². The summed E-state index contributed by atoms with van der Waals surface area (Å²) >= 11 is 0. The molecule has 0 aliphatic heterocycles. The van der Waals surface area contributed by atoms with E-state index < -0.39 is 36.7 Å². The molecule has 10 heteroatoms. The lowest BCUT2D eigenvalue weighted by molar-refractivity contribution is 0.158. The molecule has 5 nitrogen and oxygen atoms in total. The van der Waals surface area contributed by atoms with Crippen LogP contribution in [0.2, 0.25) is 0 Å². The van der Waals surface area contributed by atoms with E-state index in [4.69, 9.17) is 0 Å². The average Bonchev–Trinajstić information content (AvgIpc) is 3.41. The summed E-state index contributed by atoms with van der Waals surface area (Å²) < 4.78 is 71.2. The molecule has 0 unspecified atom stereocenters. The van der Waals surface area contributed by atoms with Gasteiger partial charge in [-0.05, 0) is 67.3 Å². The molecule has 1 aliphatic rings. The fourth-order valence-electron chi connectivity index (χ4n) is 4.16. The molecule has 2 aromatic heterocycles. The van der Waals surface area contributed by atoms with E-state index in [9.17, 15) is 22.0 Å². The van der Waals surface area contributed by atoms with Crippen LogP contribution in [0.15, 0.2) is 48.8 Å². The van der Waals surface area contributed by atoms with Gasteiger partial charge >= 0.3 is 0 Å². The molecule has 0 N–H and O–H groups in total. The van der Waals surface area contributed by atoms with Crippen LogP contribution in [0.5, 0.6) is 0 Å². The lowest BCUT2D eigenvalue weighted by Gasteiger charge is -2.26. The molecule has 176 valence electrons. The second-order valence-corrected chi connectivity index (χ2v) is 8.62. The highest BCUT2D eigenvalue weighted by atomic mass is 19.3. The number of fused-ring (bicyclic) bond motifs is 3. The molecule has 1 saturated carbocycles. The first-order valence-electron chi connectivity index (χ1n) is 10.7. The highest BCUT2D eigenvalue weighted by Gasteiger charge is 2.40. The van der Waals surface area contributed by atoms with E-state index in [2.05, 4.69) is 15.2 Å². The zero-order valence-corrected chi connectivity index (χ0v) is 18.2. The standard InChI is InChI=1S/C24H20F5N5/c1-14(10-24(12-25)4-5-24)15-6-17(27)8-18(7-15)33(11-21(28)29)22-19-9-16(26)2-3-20(19)34-13-30-32-23(34)31-22/h2-3,6-10,13,21H,4-5,11-12H2,1H3/b14-10-. The van der Waals surface area contributed by atoms with E-state index in [-0.39, 0.29) is 22.7 Å². The molecule has 34 heavy (non-hydrogen) atoms. The van der Waals surface area contributed by atoms with Crippen molar-refractivity contribution in [3.8, 4) is 0 Å². The summed E-state index contributed by atoms with van der Waals surface area (Å²) in [5, 5.41) is 7.94. The minimum atomic E-state index is -2.80. The molecule has 0 radical (unpaired) electrons. The number of rotatable bonds is 7. The predicted molar refractivity (Wildman–Crippen MR) is 119 cm³/mol. The fraction of sp³-hybridized carbons (Fsp3) is 0.292. The number of allylic oxidation sites excluding steroid dienone is 2. The summed E-state index contributed by atoms with van der Waals surface area (Å²) in [6, 6.07) is 7.82. The molecule has 0 atom stereocenters. The molecular formula is C24H20F5N5. The minimum Gasteiger partial charge on any atom is -0.320 e. The molecule has 0 bridgehead atoms. The van der Waals surface area contributed by atoms with Crippen LogP contribution in [-0.4, -0.2) is 39.2 Å². The monoisotopic (exact) mass is 473 g/mol. The van der Waals surface area contributed by atoms with Crippen LogP contribution in [0.3, 0.4) is 0 Å². The van der Waals surface area contributed by atoms with Crippen molar-refractivity contribution in [1.29, 1.82) is 0 Å². The molecule has 2 heterocycles. The summed E-state index contributed by atoms with van der Waals surface area (Å²) in [5.41, 5.74) is 1.11. The SMILES string of the molecule is C/C(=C/C1(CF)CC1)c1cc(F)cc(N(CC(F)F)c2nc3nncn3c3ccc(F)cc23)c1. The third kappa shape index (κ3) is 4.08. The van der Waals surface area contributed by atoms with Crippen molar-refractivity contribution >= 4 is 33.8 Å². The topological polar surface area (TPSA) is 46.3 Å². The Hall–Kier alpha value is -3.56. The van der Waals surface area contributed by atoms with Gasteiger partial charge in [0, 0.05) is 16.5 Å². The van der Waals surface area contributed by atoms with Crippen molar-refractivity contribution in [2.24, 2.45) is 5.41 Å². The number of nitrogens with zero attached hydrogens (tertiary/aromatic N) is 5. The van der Waals surface area contributed by atoms with Gasteiger partial charge in [-0.3, -0.25) is 8.79 Å². The first-order chi connectivity index (χ1) is 16.3. The predicted octanol–water partition coefficient (Wildman–Crippen LogP) is 6.11. The third-order valence-corrected chi connectivity index (χ3v) is 6.10. The maximum Gasteiger partial charge on any atom is 0.257 e. The summed E-state index contributed by atoms with van der Waals surface area (Å²) in [7, 11) is 0. The first kappa shape index (κ1) is 22.2. The Labute approximate surface area is 191 Å². The Kier molecular flexibility index (Phi) is 5.45. The van der Waals surface area contributed by atoms with Gasteiger partial charge < -0.3 is 4.90 Å². The summed E-state index contributed by atoms with van der Waals surface area (Å²) in [5.74, 6) is -1.11. The minimum absolute atomic E-state index is 0.00379. The second kappa shape index (κ2) is 8.34. The van der Waals surface area contributed by atoms with Gasteiger partial charge in [-0.25, -0.2) is 17.6 Å². The van der Waals surface area contributed by atoms with Gasteiger partial charge in [-0.1, -0.05) is 6.08 Å². The Balaban J connectivity index is 1.69. The number of benzene rings is 2. The van der Waals surface area contributed by atoms with Gasteiger partial charge in [0.25, 0.3) is 12.2 Å². The molecule has 0 spiro atoms. The highest BCUT2D eigenvalue weighted by Crippen LogP contribution is 2.49. The van der Waals surface area contributed by atoms with Crippen molar-refractivity contribution in [2.45, 2.75) is 26.2 Å². The number of anilines is 2. The van der Waals surface area contributed by atoms with Gasteiger partial charge in [0.05, 0.1) is 18.7 Å². The second-order valence-electron chi connectivity index (χ2n) is 8.62. The van der Waals surface area contributed by atoms with Crippen LogP contribution in [0.1, 0.15) is 25.3 Å². The maximum atomic E-state index is 14.7. The summed E-state index contributed by atoms with van der Waals surface area (Å²) in [6.45, 7) is 0.407. The van der Waals surface area contributed by atoms with E-state index in [1.807, 2.05) is 0 Å². The third-order valence-electron chi connectivity index (χ3n) is 6.10. The quantitative estimate of drug-likeness (QED) is 0.304. The molecule has 2 aromatic carbocycles. The molecule has 0 saturated heterocycles. The van der Waals surface area contributed by atoms with Crippen molar-refractivity contribution in [1.82, 2.24) is 19.6 Å². The first-order valence-corrected chi connectivity index (χ1v) is 10.7. The molecule has 4 aromatic rings. The normalized spacial score (nSPS) is 15.4. The molecule has 1 aliphatic carbocycles. The zero-order valence-electron chi connectivity index (χ0n) is 18.2. The Bertz CT molecular complexity index is 1410. The van der Waals surface area contributed by atoms with Gasteiger partial charge in [0.2, 0.25) is 0 Å². The Morgan fingerprint density at radius 3 is 2.65 bits per heavy atom. The molecular weight excluding hydrogens is 453 g/mol. The van der Waals surface area contributed by atoms with E-state index in [1.165, 1.54) is 35.0 Å². The van der Waals surface area contributed by atoms with E-state index >= 15 is 0 Å². The number of halogens is 5. The highest BCUT2D eigenvalue weighted by molar-refractivity contribution is 5.93. The summed E-state index contributed by atoms with van der Waals surface area (Å²) in [6.07, 6.45) is 1.77. The number of hydrogen-bond acceptors (Lipinski definition) is 4. The number of alkyl halides is 3. The van der Waals surface area contributed by atoms with Crippen LogP contribution in [0, 0.1) is 17.0 Å². The van der Waals surface area contributed by atoms with Crippen molar-refractivity contribution < 1.29 is 22.0 Å². The maximum absolute atomic E-state index is 14.7. The van der Waals surface area contributed by atoms with Gasteiger partial charge in [0.15, 0.2) is 0 Å². The average molecular weight is 473 g/mol. The smallest absolute Gasteiger partial charge is 0.257 e. The molecule has 1 fully saturated rings. The summed E-state index contributed by atoms with van der Waals surface area (Å²) in [4.78, 5) is 5.49. The molecule has 0 amide bonds. The Morgan fingerprint density at radius 2 is 1.94 bits per heavy atom. The van der Waals surface area contributed by atoms with Crippen molar-refractivity contribution in [3.05, 3.63) is 66.0 Å². The van der Waals surface area contributed by atoms with Gasteiger partial charge in [-0.2, -0.15) is 4.98 Å². The van der Waals surface area contributed by atoms with Crippen molar-refractivity contribution in [2.75, 3.05) is 18.1 Å². The van der Waals surface area contributed by atoms with Crippen LogP contribution >= 0.6 is 0 Å². The largest absolute Gasteiger partial charge is 0.320 e. The van der Waals surface area contributed by atoms with Crippen LogP contribution < -0.4 is 4.90 Å². The van der Waals surface area contributed by atoms with Gasteiger partial charge in [-0.15, -0.1) is 10.2 Å². The van der Waals surface area contributed by atoms with E-state index in [0.717, 1.165) is 11.0 Å². The molecule has 5 rings (SSSR count). The lowest BCUT2D eigenvalue weighted by Crippen LogP contribution is -2.25. The van der Waals surface area contributed by atoms with Crippen LogP contribution in [-0.2, 0) is 0 Å². The van der Waals surface area contributed by atoms with Gasteiger partial charge in [0.1, 0.15) is 23.8 Å². The fourth-order valence-corrected chi connectivity index (χ4v) is 4.16.